The maximum atomic E-state index is 11.9. The Kier molecular flexibility index (Phi) is 8.59. The van der Waals surface area contributed by atoms with E-state index in [9.17, 15) is 9.59 Å². The van der Waals surface area contributed by atoms with Crippen molar-refractivity contribution in [1.29, 1.82) is 0 Å². The highest BCUT2D eigenvalue weighted by Crippen LogP contribution is 2.28. The summed E-state index contributed by atoms with van der Waals surface area (Å²) in [5.41, 5.74) is 2.01. The third-order valence-corrected chi connectivity index (χ3v) is 3.91. The Morgan fingerprint density at radius 1 is 1.00 bits per heavy atom. The van der Waals surface area contributed by atoms with Gasteiger partial charge in [0.2, 0.25) is 5.91 Å². The number of nitrogens with one attached hydrogen (secondary N) is 2. The van der Waals surface area contributed by atoms with Gasteiger partial charge in [0.05, 0.1) is 7.11 Å². The van der Waals surface area contributed by atoms with Gasteiger partial charge in [-0.15, -0.1) is 0 Å². The molecule has 0 heterocycles. The molecule has 0 unspecified atom stereocenters. The van der Waals surface area contributed by atoms with Gasteiger partial charge in [-0.05, 0) is 30.2 Å². The van der Waals surface area contributed by atoms with Crippen LogP contribution < -0.4 is 20.1 Å². The second-order valence-corrected chi connectivity index (χ2v) is 6.06. The first-order valence-corrected chi connectivity index (χ1v) is 9.13. The summed E-state index contributed by atoms with van der Waals surface area (Å²) < 4.78 is 10.8. The topological polar surface area (TPSA) is 76.7 Å². The smallest absolute Gasteiger partial charge is 0.257 e. The summed E-state index contributed by atoms with van der Waals surface area (Å²) in [4.78, 5) is 23.8. The van der Waals surface area contributed by atoms with Crippen LogP contribution in [0.1, 0.15) is 24.5 Å². The molecule has 2 aromatic carbocycles. The van der Waals surface area contributed by atoms with E-state index in [0.717, 1.165) is 11.1 Å². The van der Waals surface area contributed by atoms with Gasteiger partial charge < -0.3 is 20.1 Å². The molecule has 2 aromatic rings. The Hall–Kier alpha value is -3.28. The van der Waals surface area contributed by atoms with Crippen LogP contribution in [0.5, 0.6) is 11.5 Å². The molecule has 2 N–H and O–H groups in total. The highest BCUT2D eigenvalue weighted by Gasteiger charge is 2.09. The molecule has 148 valence electrons. The number of benzene rings is 2. The minimum atomic E-state index is -0.296. The second-order valence-electron chi connectivity index (χ2n) is 6.06. The van der Waals surface area contributed by atoms with Crippen LogP contribution in [0.4, 0.5) is 0 Å². The van der Waals surface area contributed by atoms with Crippen LogP contribution in [0.15, 0.2) is 54.6 Å². The van der Waals surface area contributed by atoms with Gasteiger partial charge in [0.1, 0.15) is 0 Å². The summed E-state index contributed by atoms with van der Waals surface area (Å²) in [6.45, 7) is 2.51. The molecule has 0 bridgehead atoms. The molecule has 0 aromatic heterocycles. The highest BCUT2D eigenvalue weighted by molar-refractivity contribution is 5.79. The lowest BCUT2D eigenvalue weighted by atomic mass is 10.2. The predicted octanol–water partition coefficient (Wildman–Crippen LogP) is 2.93. The standard InChI is InChI=1S/C22H26N2O4/c1-3-7-17-10-11-19(20(14-17)27-2)28-16-22(26)23-13-12-21(25)24-15-18-8-5-4-6-9-18/h3-11,14H,12-13,15-16H2,1-2H3,(H,23,26)(H,24,25)/b7-3+. The Morgan fingerprint density at radius 3 is 2.50 bits per heavy atom. The van der Waals surface area contributed by atoms with E-state index in [-0.39, 0.29) is 31.4 Å². The number of carbonyl (C=O) groups is 2. The van der Waals surface area contributed by atoms with Gasteiger partial charge in [-0.3, -0.25) is 9.59 Å². The Morgan fingerprint density at radius 2 is 1.79 bits per heavy atom. The van der Waals surface area contributed by atoms with Gasteiger partial charge in [0.15, 0.2) is 18.1 Å². The van der Waals surface area contributed by atoms with E-state index >= 15 is 0 Å². The molecule has 0 aliphatic rings. The van der Waals surface area contributed by atoms with E-state index in [1.807, 2.05) is 61.5 Å². The SMILES string of the molecule is C/C=C/c1ccc(OCC(=O)NCCC(=O)NCc2ccccc2)c(OC)c1. The predicted molar refractivity (Wildman–Crippen MR) is 109 cm³/mol. The zero-order valence-electron chi connectivity index (χ0n) is 16.2. The average molecular weight is 382 g/mol. The van der Waals surface area contributed by atoms with Crippen LogP contribution in [0.25, 0.3) is 6.08 Å². The molecule has 0 saturated heterocycles. The fourth-order valence-corrected chi connectivity index (χ4v) is 2.49. The zero-order chi connectivity index (χ0) is 20.2. The fourth-order valence-electron chi connectivity index (χ4n) is 2.49. The lowest BCUT2D eigenvalue weighted by Gasteiger charge is -2.11. The fraction of sp³-hybridized carbons (Fsp3) is 0.273. The molecule has 0 saturated carbocycles. The molecule has 6 nitrogen and oxygen atoms in total. The molecule has 0 spiro atoms. The first-order valence-electron chi connectivity index (χ1n) is 9.13. The molecular formula is C22H26N2O4. The van der Waals surface area contributed by atoms with E-state index in [2.05, 4.69) is 10.6 Å². The van der Waals surface area contributed by atoms with E-state index in [0.29, 0.717) is 18.0 Å². The largest absolute Gasteiger partial charge is 0.493 e. The van der Waals surface area contributed by atoms with Crippen molar-refractivity contribution >= 4 is 17.9 Å². The first kappa shape index (κ1) is 21.0. The molecule has 0 atom stereocenters. The van der Waals surface area contributed by atoms with Gasteiger partial charge in [0, 0.05) is 19.5 Å². The number of ether oxygens (including phenoxy) is 2. The second kappa shape index (κ2) is 11.4. The van der Waals surface area contributed by atoms with Crippen LogP contribution in [0.2, 0.25) is 0 Å². The lowest BCUT2D eigenvalue weighted by Crippen LogP contribution is -2.33. The molecule has 0 aliphatic carbocycles. The van der Waals surface area contributed by atoms with Gasteiger partial charge in [-0.2, -0.15) is 0 Å². The number of rotatable bonds is 10. The van der Waals surface area contributed by atoms with Crippen LogP contribution >= 0.6 is 0 Å². The van der Waals surface area contributed by atoms with Crippen molar-refractivity contribution in [3.05, 3.63) is 65.7 Å². The summed E-state index contributed by atoms with van der Waals surface area (Å²) >= 11 is 0. The molecule has 0 aliphatic heterocycles. The molecule has 28 heavy (non-hydrogen) atoms. The van der Waals surface area contributed by atoms with Crippen LogP contribution in [0, 0.1) is 0 Å². The summed E-state index contributed by atoms with van der Waals surface area (Å²) in [7, 11) is 1.55. The average Bonchev–Trinajstić information content (AvgIpc) is 2.72. The Balaban J connectivity index is 1.69. The van der Waals surface area contributed by atoms with Crippen molar-refractivity contribution in [2.75, 3.05) is 20.3 Å². The monoisotopic (exact) mass is 382 g/mol. The number of allylic oxidation sites excluding steroid dienone is 1. The molecule has 0 fully saturated rings. The normalized spacial score (nSPS) is 10.5. The summed E-state index contributed by atoms with van der Waals surface area (Å²) in [5, 5.41) is 5.49. The van der Waals surface area contributed by atoms with Gasteiger partial charge >= 0.3 is 0 Å². The molecule has 2 amide bonds. The number of methoxy groups -OCH3 is 1. The lowest BCUT2D eigenvalue weighted by molar-refractivity contribution is -0.123. The van der Waals surface area contributed by atoms with Crippen molar-refractivity contribution in [1.82, 2.24) is 10.6 Å². The molecule has 0 radical (unpaired) electrons. The Bertz CT molecular complexity index is 803. The maximum Gasteiger partial charge on any atom is 0.257 e. The number of carbonyl (C=O) groups excluding carboxylic acids is 2. The van der Waals surface area contributed by atoms with Gasteiger partial charge in [0.25, 0.3) is 5.91 Å². The van der Waals surface area contributed by atoms with Crippen molar-refractivity contribution in [2.45, 2.75) is 19.9 Å². The number of hydrogen-bond donors (Lipinski definition) is 2. The number of amides is 2. The maximum absolute atomic E-state index is 11.9. The summed E-state index contributed by atoms with van der Waals surface area (Å²) in [6, 6.07) is 15.1. The van der Waals surface area contributed by atoms with Gasteiger partial charge in [-0.25, -0.2) is 0 Å². The van der Waals surface area contributed by atoms with Crippen LogP contribution in [-0.4, -0.2) is 32.1 Å². The summed E-state index contributed by atoms with van der Waals surface area (Å²) in [5.74, 6) is 0.636. The molecule has 2 rings (SSSR count). The highest BCUT2D eigenvalue weighted by atomic mass is 16.5. The zero-order valence-corrected chi connectivity index (χ0v) is 16.2. The quantitative estimate of drug-likeness (QED) is 0.662. The van der Waals surface area contributed by atoms with Crippen LogP contribution in [-0.2, 0) is 16.1 Å². The van der Waals surface area contributed by atoms with Crippen molar-refractivity contribution < 1.29 is 19.1 Å². The van der Waals surface area contributed by atoms with Crippen molar-refractivity contribution in [2.24, 2.45) is 0 Å². The minimum Gasteiger partial charge on any atom is -0.493 e. The molecule has 6 heteroatoms. The minimum absolute atomic E-state index is 0.119. The van der Waals surface area contributed by atoms with E-state index in [1.165, 1.54) is 0 Å². The number of hydrogen-bond acceptors (Lipinski definition) is 4. The first-order chi connectivity index (χ1) is 13.6. The Labute approximate surface area is 165 Å². The van der Waals surface area contributed by atoms with Crippen molar-refractivity contribution in [3.63, 3.8) is 0 Å². The van der Waals surface area contributed by atoms with Crippen LogP contribution in [0.3, 0.4) is 0 Å². The summed E-state index contributed by atoms with van der Waals surface area (Å²) in [6.07, 6.45) is 4.08. The third kappa shape index (κ3) is 7.15. The van der Waals surface area contributed by atoms with E-state index < -0.39 is 0 Å². The third-order valence-electron chi connectivity index (χ3n) is 3.91. The van der Waals surface area contributed by atoms with E-state index in [1.54, 1.807) is 13.2 Å². The molecular weight excluding hydrogens is 356 g/mol. The van der Waals surface area contributed by atoms with E-state index in [4.69, 9.17) is 9.47 Å². The van der Waals surface area contributed by atoms with Crippen molar-refractivity contribution in [3.8, 4) is 11.5 Å². The van der Waals surface area contributed by atoms with Gasteiger partial charge in [-0.1, -0.05) is 48.6 Å².